The van der Waals surface area contributed by atoms with Crippen molar-refractivity contribution in [1.29, 1.82) is 0 Å². The van der Waals surface area contributed by atoms with Crippen molar-refractivity contribution >= 4 is 5.91 Å². The largest absolute Gasteiger partial charge is 0.389 e. The van der Waals surface area contributed by atoms with Gasteiger partial charge in [0.1, 0.15) is 0 Å². The average Bonchev–Trinajstić information content (AvgIpc) is 2.33. The summed E-state index contributed by atoms with van der Waals surface area (Å²) in [6.45, 7) is 5.12. The van der Waals surface area contributed by atoms with Gasteiger partial charge in [0.15, 0.2) is 0 Å². The molecule has 1 unspecified atom stereocenters. The summed E-state index contributed by atoms with van der Waals surface area (Å²) in [5.74, 6) is -0.403. The van der Waals surface area contributed by atoms with E-state index in [0.717, 1.165) is 25.8 Å². The number of carbonyl (C=O) groups excluding carboxylic acids is 1. The number of amides is 1. The maximum absolute atomic E-state index is 12.2. The van der Waals surface area contributed by atoms with Gasteiger partial charge in [-0.05, 0) is 33.2 Å². The number of halogens is 3. The maximum Gasteiger partial charge on any atom is 0.389 e. The molecule has 0 aromatic rings. The second-order valence-corrected chi connectivity index (χ2v) is 5.40. The highest BCUT2D eigenvalue weighted by atomic mass is 19.4. The normalized spacial score (nSPS) is 20.6. The number of alkyl halides is 3. The summed E-state index contributed by atoms with van der Waals surface area (Å²) in [6.07, 6.45) is -2.53. The number of nitrogens with zero attached hydrogens (tertiary/aromatic N) is 1. The summed E-state index contributed by atoms with van der Waals surface area (Å²) in [7, 11) is 0. The molecule has 6 heteroatoms. The molecule has 19 heavy (non-hydrogen) atoms. The van der Waals surface area contributed by atoms with Crippen LogP contribution >= 0.6 is 0 Å². The number of hydrogen-bond acceptors (Lipinski definition) is 2. The zero-order valence-corrected chi connectivity index (χ0v) is 11.6. The van der Waals surface area contributed by atoms with Crippen LogP contribution in [0, 0.1) is 0 Å². The number of nitrogens with one attached hydrogen (secondary N) is 1. The minimum absolute atomic E-state index is 0.0653. The molecule has 0 radical (unpaired) electrons. The van der Waals surface area contributed by atoms with Crippen LogP contribution in [-0.2, 0) is 4.79 Å². The third-order valence-electron chi connectivity index (χ3n) is 3.40. The fourth-order valence-corrected chi connectivity index (χ4v) is 2.31. The average molecular weight is 280 g/mol. The van der Waals surface area contributed by atoms with E-state index in [1.807, 2.05) is 13.8 Å². The van der Waals surface area contributed by atoms with Gasteiger partial charge in [-0.25, -0.2) is 0 Å². The molecule has 1 amide bonds. The Bertz CT molecular complexity index is 286. The van der Waals surface area contributed by atoms with E-state index in [1.54, 1.807) is 4.90 Å². The minimum Gasteiger partial charge on any atom is -0.339 e. The molecule has 1 saturated heterocycles. The van der Waals surface area contributed by atoms with E-state index in [1.165, 1.54) is 0 Å². The summed E-state index contributed by atoms with van der Waals surface area (Å²) in [5, 5.41) is 3.32. The lowest BCUT2D eigenvalue weighted by atomic mass is 10.0. The van der Waals surface area contributed by atoms with Crippen molar-refractivity contribution in [2.45, 2.75) is 64.2 Å². The topological polar surface area (TPSA) is 32.3 Å². The fraction of sp³-hybridized carbons (Fsp3) is 0.923. The summed E-state index contributed by atoms with van der Waals surface area (Å²) < 4.78 is 36.5. The Kier molecular flexibility index (Phi) is 6.10. The van der Waals surface area contributed by atoms with Gasteiger partial charge in [-0.1, -0.05) is 6.42 Å². The molecule has 1 N–H and O–H groups in total. The summed E-state index contributed by atoms with van der Waals surface area (Å²) >= 11 is 0. The van der Waals surface area contributed by atoms with Crippen molar-refractivity contribution in [1.82, 2.24) is 10.2 Å². The van der Waals surface area contributed by atoms with E-state index < -0.39 is 24.9 Å². The van der Waals surface area contributed by atoms with Gasteiger partial charge in [0.25, 0.3) is 0 Å². The van der Waals surface area contributed by atoms with Crippen LogP contribution in [0.2, 0.25) is 0 Å². The van der Waals surface area contributed by atoms with Crippen molar-refractivity contribution < 1.29 is 18.0 Å². The predicted molar refractivity (Wildman–Crippen MR) is 67.8 cm³/mol. The Balaban J connectivity index is 2.48. The van der Waals surface area contributed by atoms with Crippen molar-refractivity contribution in [3.05, 3.63) is 0 Å². The van der Waals surface area contributed by atoms with E-state index in [9.17, 15) is 18.0 Å². The third kappa shape index (κ3) is 6.27. The molecule has 0 spiro atoms. The predicted octanol–water partition coefficient (Wildman–Crippen LogP) is 2.71. The van der Waals surface area contributed by atoms with Gasteiger partial charge in [0.05, 0.1) is 6.42 Å². The molecule has 0 aromatic heterocycles. The molecule has 0 aromatic carbocycles. The molecule has 1 rings (SSSR count). The van der Waals surface area contributed by atoms with E-state index in [0.29, 0.717) is 6.54 Å². The van der Waals surface area contributed by atoms with Crippen LogP contribution < -0.4 is 5.32 Å². The lowest BCUT2D eigenvalue weighted by Gasteiger charge is -2.33. The van der Waals surface area contributed by atoms with Gasteiger partial charge in [0.2, 0.25) is 5.91 Å². The van der Waals surface area contributed by atoms with Gasteiger partial charge in [-0.2, -0.15) is 13.2 Å². The maximum atomic E-state index is 12.2. The highest BCUT2D eigenvalue weighted by Gasteiger charge is 2.30. The van der Waals surface area contributed by atoms with Gasteiger partial charge < -0.3 is 10.2 Å². The Labute approximate surface area is 112 Å². The van der Waals surface area contributed by atoms with Gasteiger partial charge in [-0.3, -0.25) is 4.79 Å². The smallest absolute Gasteiger partial charge is 0.339 e. The highest BCUT2D eigenvalue weighted by Crippen LogP contribution is 2.22. The fourth-order valence-electron chi connectivity index (χ4n) is 2.31. The summed E-state index contributed by atoms with van der Waals surface area (Å²) in [4.78, 5) is 13.5. The molecule has 0 aliphatic carbocycles. The third-order valence-corrected chi connectivity index (χ3v) is 3.40. The summed E-state index contributed by atoms with van der Waals surface area (Å²) in [6, 6.07) is 0.149. The van der Waals surface area contributed by atoms with Gasteiger partial charge >= 0.3 is 6.18 Å². The lowest BCUT2D eigenvalue weighted by molar-refractivity contribution is -0.150. The zero-order valence-electron chi connectivity index (χ0n) is 11.6. The van der Waals surface area contributed by atoms with Gasteiger partial charge in [-0.15, -0.1) is 0 Å². The Morgan fingerprint density at radius 3 is 2.53 bits per heavy atom. The van der Waals surface area contributed by atoms with Crippen molar-refractivity contribution in [2.24, 2.45) is 0 Å². The first-order valence-corrected chi connectivity index (χ1v) is 6.89. The highest BCUT2D eigenvalue weighted by molar-refractivity contribution is 5.76. The molecule has 0 bridgehead atoms. The Hall–Kier alpha value is -0.780. The standard InChI is InChI=1S/C13H23F3N2O/c1-10(2)18(9-11-5-3-4-8-17-11)12(19)6-7-13(14,15)16/h10-11,17H,3-9H2,1-2H3. The summed E-state index contributed by atoms with van der Waals surface area (Å²) in [5.41, 5.74) is 0. The minimum atomic E-state index is -4.26. The van der Waals surface area contributed by atoms with Crippen molar-refractivity contribution in [3.8, 4) is 0 Å². The first kappa shape index (κ1) is 16.3. The molecule has 3 nitrogen and oxygen atoms in total. The zero-order chi connectivity index (χ0) is 14.5. The van der Waals surface area contributed by atoms with Crippen molar-refractivity contribution in [3.63, 3.8) is 0 Å². The van der Waals surface area contributed by atoms with Crippen LogP contribution in [-0.4, -0.2) is 42.2 Å². The van der Waals surface area contributed by atoms with Crippen LogP contribution in [0.15, 0.2) is 0 Å². The molecule has 1 aliphatic heterocycles. The molecule has 1 fully saturated rings. The molecular formula is C13H23F3N2O. The SMILES string of the molecule is CC(C)N(CC1CCCCN1)C(=O)CCC(F)(F)F. The first-order chi connectivity index (χ1) is 8.79. The quantitative estimate of drug-likeness (QED) is 0.840. The first-order valence-electron chi connectivity index (χ1n) is 6.89. The lowest BCUT2D eigenvalue weighted by Crippen LogP contribution is -2.48. The number of hydrogen-bond donors (Lipinski definition) is 1. The van der Waals surface area contributed by atoms with E-state index in [4.69, 9.17) is 0 Å². The monoisotopic (exact) mass is 280 g/mol. The van der Waals surface area contributed by atoms with E-state index in [2.05, 4.69) is 5.32 Å². The number of piperidine rings is 1. The van der Waals surface area contributed by atoms with Crippen LogP contribution in [0.5, 0.6) is 0 Å². The molecule has 1 heterocycles. The molecule has 1 atom stereocenters. The molecule has 112 valence electrons. The second-order valence-electron chi connectivity index (χ2n) is 5.40. The van der Waals surface area contributed by atoms with Crippen molar-refractivity contribution in [2.75, 3.05) is 13.1 Å². The number of carbonyl (C=O) groups is 1. The van der Waals surface area contributed by atoms with E-state index >= 15 is 0 Å². The van der Waals surface area contributed by atoms with Crippen LogP contribution in [0.3, 0.4) is 0 Å². The second kappa shape index (κ2) is 7.12. The Morgan fingerprint density at radius 1 is 1.37 bits per heavy atom. The molecule has 0 saturated carbocycles. The molecular weight excluding hydrogens is 257 g/mol. The van der Waals surface area contributed by atoms with Gasteiger partial charge in [0, 0.05) is 25.0 Å². The number of rotatable bonds is 5. The van der Waals surface area contributed by atoms with Crippen LogP contribution in [0.25, 0.3) is 0 Å². The van der Waals surface area contributed by atoms with Crippen LogP contribution in [0.4, 0.5) is 13.2 Å². The van der Waals surface area contributed by atoms with Crippen LogP contribution in [0.1, 0.15) is 46.0 Å². The Morgan fingerprint density at radius 2 is 2.05 bits per heavy atom. The van der Waals surface area contributed by atoms with E-state index in [-0.39, 0.29) is 12.1 Å². The molecule has 1 aliphatic rings.